The standard InChI is InChI=1S/C25H37FN4O2/c1-24(2,3)23(32)30-12-9-25(10-13-30)18-20(27-22(25)31)8-11-28-14-16-29(17-15-28)21-6-4-19(26)5-7-21/h4-7,20H,8-18H2,1-3H3,(H,27,31)/t20-/m0/s1. The Kier molecular flexibility index (Phi) is 6.48. The fourth-order valence-corrected chi connectivity index (χ4v) is 5.39. The van der Waals surface area contributed by atoms with Gasteiger partial charge in [0.1, 0.15) is 5.82 Å². The maximum atomic E-state index is 13.2. The van der Waals surface area contributed by atoms with Crippen LogP contribution in [0.2, 0.25) is 0 Å². The fraction of sp³-hybridized carbons (Fsp3) is 0.680. The predicted octanol–water partition coefficient (Wildman–Crippen LogP) is 2.88. The third-order valence-electron chi connectivity index (χ3n) is 7.46. The Labute approximate surface area is 191 Å². The van der Waals surface area contributed by atoms with Crippen LogP contribution in [0.3, 0.4) is 0 Å². The van der Waals surface area contributed by atoms with Gasteiger partial charge in [-0.05, 0) is 49.9 Å². The van der Waals surface area contributed by atoms with Crippen molar-refractivity contribution >= 4 is 17.5 Å². The molecule has 0 unspecified atom stereocenters. The highest BCUT2D eigenvalue weighted by atomic mass is 19.1. The summed E-state index contributed by atoms with van der Waals surface area (Å²) < 4.78 is 13.2. The molecule has 3 fully saturated rings. The minimum Gasteiger partial charge on any atom is -0.369 e. The first-order valence-electron chi connectivity index (χ1n) is 12.0. The molecule has 7 heteroatoms. The quantitative estimate of drug-likeness (QED) is 0.776. The molecule has 2 amide bonds. The number of carbonyl (C=O) groups is 2. The van der Waals surface area contributed by atoms with E-state index < -0.39 is 0 Å². The highest BCUT2D eigenvalue weighted by molar-refractivity contribution is 5.86. The molecule has 0 bridgehead atoms. The number of rotatable bonds is 4. The molecule has 3 aliphatic rings. The van der Waals surface area contributed by atoms with Crippen molar-refractivity contribution in [3.63, 3.8) is 0 Å². The summed E-state index contributed by atoms with van der Waals surface area (Å²) >= 11 is 0. The largest absolute Gasteiger partial charge is 0.369 e. The number of anilines is 1. The number of hydrogen-bond acceptors (Lipinski definition) is 4. The normalized spacial score (nSPS) is 24.1. The monoisotopic (exact) mass is 444 g/mol. The Bertz CT molecular complexity index is 819. The van der Waals surface area contributed by atoms with Gasteiger partial charge in [0.25, 0.3) is 0 Å². The van der Waals surface area contributed by atoms with E-state index in [1.54, 1.807) is 0 Å². The molecule has 3 saturated heterocycles. The fourth-order valence-electron chi connectivity index (χ4n) is 5.39. The molecule has 0 aliphatic carbocycles. The van der Waals surface area contributed by atoms with E-state index in [-0.39, 0.29) is 34.5 Å². The Morgan fingerprint density at radius 3 is 2.28 bits per heavy atom. The first-order chi connectivity index (χ1) is 15.2. The number of benzene rings is 1. The summed E-state index contributed by atoms with van der Waals surface area (Å²) in [4.78, 5) is 32.1. The maximum absolute atomic E-state index is 13.2. The molecule has 4 rings (SSSR count). The molecule has 0 saturated carbocycles. The molecule has 32 heavy (non-hydrogen) atoms. The molecular formula is C25H37FN4O2. The number of piperazine rings is 1. The molecule has 1 spiro atoms. The van der Waals surface area contributed by atoms with Crippen LogP contribution in [0.1, 0.15) is 46.5 Å². The summed E-state index contributed by atoms with van der Waals surface area (Å²) in [6.07, 6.45) is 3.40. The van der Waals surface area contributed by atoms with Crippen molar-refractivity contribution in [2.45, 2.75) is 52.5 Å². The van der Waals surface area contributed by atoms with Crippen molar-refractivity contribution in [1.82, 2.24) is 15.1 Å². The van der Waals surface area contributed by atoms with Crippen molar-refractivity contribution in [3.8, 4) is 0 Å². The van der Waals surface area contributed by atoms with E-state index in [1.807, 2.05) is 37.8 Å². The number of amides is 2. The predicted molar refractivity (Wildman–Crippen MR) is 124 cm³/mol. The van der Waals surface area contributed by atoms with Crippen LogP contribution in [-0.2, 0) is 9.59 Å². The number of piperidine rings is 1. The third-order valence-corrected chi connectivity index (χ3v) is 7.46. The van der Waals surface area contributed by atoms with E-state index >= 15 is 0 Å². The molecular weight excluding hydrogens is 407 g/mol. The highest BCUT2D eigenvalue weighted by Crippen LogP contribution is 2.41. The second kappa shape index (κ2) is 9.00. The van der Waals surface area contributed by atoms with Gasteiger partial charge in [-0.25, -0.2) is 4.39 Å². The van der Waals surface area contributed by atoms with Crippen LogP contribution < -0.4 is 10.2 Å². The van der Waals surface area contributed by atoms with Crippen molar-refractivity contribution < 1.29 is 14.0 Å². The van der Waals surface area contributed by atoms with Crippen molar-refractivity contribution in [3.05, 3.63) is 30.1 Å². The van der Waals surface area contributed by atoms with Gasteiger partial charge in [0.05, 0.1) is 5.41 Å². The number of carbonyl (C=O) groups excluding carboxylic acids is 2. The van der Waals surface area contributed by atoms with E-state index in [1.165, 1.54) is 12.1 Å². The molecule has 0 aromatic heterocycles. The number of likely N-dealkylation sites (tertiary alicyclic amines) is 1. The second-order valence-electron chi connectivity index (χ2n) is 10.8. The number of nitrogens with zero attached hydrogens (tertiary/aromatic N) is 3. The lowest BCUT2D eigenvalue weighted by atomic mass is 9.75. The molecule has 176 valence electrons. The molecule has 1 aromatic rings. The van der Waals surface area contributed by atoms with Crippen LogP contribution >= 0.6 is 0 Å². The van der Waals surface area contributed by atoms with Crippen LogP contribution in [0, 0.1) is 16.6 Å². The molecule has 6 nitrogen and oxygen atoms in total. The molecule has 1 aromatic carbocycles. The van der Waals surface area contributed by atoms with E-state index in [9.17, 15) is 14.0 Å². The lowest BCUT2D eigenvalue weighted by molar-refractivity contribution is -0.144. The van der Waals surface area contributed by atoms with E-state index in [4.69, 9.17) is 0 Å². The van der Waals surface area contributed by atoms with Crippen LogP contribution in [0.15, 0.2) is 24.3 Å². The minimum absolute atomic E-state index is 0.182. The lowest BCUT2D eigenvalue weighted by Crippen LogP contribution is -2.49. The zero-order valence-electron chi connectivity index (χ0n) is 19.7. The summed E-state index contributed by atoms with van der Waals surface area (Å²) in [5, 5.41) is 3.25. The van der Waals surface area contributed by atoms with Gasteiger partial charge >= 0.3 is 0 Å². The topological polar surface area (TPSA) is 55.9 Å². The average molecular weight is 445 g/mol. The SMILES string of the molecule is CC(C)(C)C(=O)N1CCC2(CC1)C[C@H](CCN1CCN(c3ccc(F)cc3)CC1)NC2=O. The summed E-state index contributed by atoms with van der Waals surface area (Å²) in [5.74, 6) is 0.170. The summed E-state index contributed by atoms with van der Waals surface area (Å²) in [6, 6.07) is 6.95. The van der Waals surface area contributed by atoms with E-state index in [0.29, 0.717) is 13.1 Å². The first kappa shape index (κ1) is 23.0. The van der Waals surface area contributed by atoms with Crippen LogP contribution in [-0.4, -0.2) is 73.5 Å². The Balaban J connectivity index is 1.22. The van der Waals surface area contributed by atoms with E-state index in [2.05, 4.69) is 15.1 Å². The van der Waals surface area contributed by atoms with Gasteiger partial charge in [-0.1, -0.05) is 20.8 Å². The highest BCUT2D eigenvalue weighted by Gasteiger charge is 2.49. The minimum atomic E-state index is -0.369. The van der Waals surface area contributed by atoms with Crippen molar-refractivity contribution in [1.29, 1.82) is 0 Å². The van der Waals surface area contributed by atoms with E-state index in [0.717, 1.165) is 64.1 Å². The molecule has 0 radical (unpaired) electrons. The summed E-state index contributed by atoms with van der Waals surface area (Å²) in [5.41, 5.74) is 0.416. The van der Waals surface area contributed by atoms with Crippen molar-refractivity contribution in [2.75, 3.05) is 50.7 Å². The molecule has 3 heterocycles. The Hall–Kier alpha value is -2.15. The third kappa shape index (κ3) is 4.92. The number of hydrogen-bond donors (Lipinski definition) is 1. The number of halogens is 1. The average Bonchev–Trinajstić information content (AvgIpc) is 3.07. The second-order valence-corrected chi connectivity index (χ2v) is 10.8. The summed E-state index contributed by atoms with van der Waals surface area (Å²) in [6.45, 7) is 12.0. The van der Waals surface area contributed by atoms with Gasteiger partial charge in [-0.2, -0.15) is 0 Å². The van der Waals surface area contributed by atoms with Crippen LogP contribution in [0.5, 0.6) is 0 Å². The van der Waals surface area contributed by atoms with Gasteiger partial charge in [0.15, 0.2) is 0 Å². The first-order valence-corrected chi connectivity index (χ1v) is 12.0. The zero-order chi connectivity index (χ0) is 22.9. The van der Waals surface area contributed by atoms with Gasteiger partial charge in [-0.15, -0.1) is 0 Å². The number of nitrogens with one attached hydrogen (secondary N) is 1. The maximum Gasteiger partial charge on any atom is 0.227 e. The van der Waals surface area contributed by atoms with Crippen molar-refractivity contribution in [2.24, 2.45) is 10.8 Å². The van der Waals surface area contributed by atoms with Gasteiger partial charge in [0, 0.05) is 63.0 Å². The Morgan fingerprint density at radius 2 is 1.69 bits per heavy atom. The molecule has 3 aliphatic heterocycles. The Morgan fingerprint density at radius 1 is 1.06 bits per heavy atom. The van der Waals surface area contributed by atoms with Crippen LogP contribution in [0.4, 0.5) is 10.1 Å². The van der Waals surface area contributed by atoms with Gasteiger partial charge in [-0.3, -0.25) is 14.5 Å². The smallest absolute Gasteiger partial charge is 0.227 e. The summed E-state index contributed by atoms with van der Waals surface area (Å²) in [7, 11) is 0. The van der Waals surface area contributed by atoms with Gasteiger partial charge < -0.3 is 15.1 Å². The molecule has 1 N–H and O–H groups in total. The lowest BCUT2D eigenvalue weighted by Gasteiger charge is -2.40. The van der Waals surface area contributed by atoms with Crippen LogP contribution in [0.25, 0.3) is 0 Å². The molecule has 1 atom stereocenters. The zero-order valence-corrected chi connectivity index (χ0v) is 19.7. The van der Waals surface area contributed by atoms with Gasteiger partial charge in [0.2, 0.25) is 11.8 Å².